The Morgan fingerprint density at radius 3 is 2.73 bits per heavy atom. The van der Waals surface area contributed by atoms with E-state index in [1.165, 1.54) is 5.56 Å². The molecule has 0 unspecified atom stereocenters. The highest BCUT2D eigenvalue weighted by Crippen LogP contribution is 2.30. The van der Waals surface area contributed by atoms with Gasteiger partial charge in [-0.05, 0) is 36.1 Å². The number of nitrogens with zero attached hydrogens (tertiary/aromatic N) is 3. The van der Waals surface area contributed by atoms with E-state index in [2.05, 4.69) is 25.2 Å². The number of imidazole rings is 1. The van der Waals surface area contributed by atoms with Crippen molar-refractivity contribution in [3.8, 4) is 11.3 Å². The number of aromatic nitrogens is 2. The van der Waals surface area contributed by atoms with Gasteiger partial charge < -0.3 is 9.32 Å². The molecule has 5 rings (SSSR count). The van der Waals surface area contributed by atoms with Crippen LogP contribution in [0.1, 0.15) is 36.8 Å². The zero-order valence-electron chi connectivity index (χ0n) is 17.1. The van der Waals surface area contributed by atoms with Crippen molar-refractivity contribution in [2.24, 2.45) is 0 Å². The lowest BCUT2D eigenvalue weighted by Gasteiger charge is -2.26. The van der Waals surface area contributed by atoms with Gasteiger partial charge in [-0.3, -0.25) is 9.72 Å². The third kappa shape index (κ3) is 3.24. The highest BCUT2D eigenvalue weighted by molar-refractivity contribution is 5.90. The van der Waals surface area contributed by atoms with Gasteiger partial charge in [0.1, 0.15) is 23.0 Å². The second kappa shape index (κ2) is 7.37. The highest BCUT2D eigenvalue weighted by atomic mass is 16.3. The Kier molecular flexibility index (Phi) is 4.54. The van der Waals surface area contributed by atoms with Crippen LogP contribution in [0.2, 0.25) is 0 Å². The SMILES string of the molecule is CC(C)c1nc2ccccn2c1NC(=O)N1CCc2cc(-c3ccccc3)oc2C1. The fourth-order valence-corrected chi connectivity index (χ4v) is 3.96. The molecule has 0 fully saturated rings. The second-order valence-corrected chi connectivity index (χ2v) is 7.96. The van der Waals surface area contributed by atoms with E-state index in [9.17, 15) is 4.79 Å². The molecule has 6 heteroatoms. The molecule has 0 aliphatic carbocycles. The van der Waals surface area contributed by atoms with Crippen LogP contribution in [0.15, 0.2) is 65.2 Å². The maximum absolute atomic E-state index is 13.1. The normalized spacial score (nSPS) is 13.6. The molecule has 0 radical (unpaired) electrons. The lowest BCUT2D eigenvalue weighted by molar-refractivity contribution is 0.200. The van der Waals surface area contributed by atoms with E-state index in [-0.39, 0.29) is 11.9 Å². The van der Waals surface area contributed by atoms with Crippen molar-refractivity contribution in [1.29, 1.82) is 0 Å². The summed E-state index contributed by atoms with van der Waals surface area (Å²) in [6.45, 7) is 5.28. The van der Waals surface area contributed by atoms with Crippen LogP contribution >= 0.6 is 0 Å². The number of urea groups is 1. The number of carbonyl (C=O) groups excluding carboxylic acids is 1. The van der Waals surface area contributed by atoms with Crippen LogP contribution in [0.4, 0.5) is 10.6 Å². The second-order valence-electron chi connectivity index (χ2n) is 7.96. The summed E-state index contributed by atoms with van der Waals surface area (Å²) in [6.07, 6.45) is 2.71. The predicted molar refractivity (Wildman–Crippen MR) is 117 cm³/mol. The van der Waals surface area contributed by atoms with Gasteiger partial charge in [0.2, 0.25) is 0 Å². The molecule has 0 saturated heterocycles. The molecule has 2 amide bonds. The highest BCUT2D eigenvalue weighted by Gasteiger charge is 2.26. The van der Waals surface area contributed by atoms with E-state index in [1.54, 1.807) is 4.90 Å². The van der Waals surface area contributed by atoms with Crippen molar-refractivity contribution in [3.63, 3.8) is 0 Å². The van der Waals surface area contributed by atoms with Gasteiger partial charge in [-0.15, -0.1) is 0 Å². The zero-order valence-corrected chi connectivity index (χ0v) is 17.1. The Hall–Kier alpha value is -3.54. The van der Waals surface area contributed by atoms with Gasteiger partial charge in [0.15, 0.2) is 0 Å². The molecule has 0 atom stereocenters. The number of pyridine rings is 1. The van der Waals surface area contributed by atoms with Crippen molar-refractivity contribution < 1.29 is 9.21 Å². The van der Waals surface area contributed by atoms with Gasteiger partial charge in [0.05, 0.1) is 12.2 Å². The van der Waals surface area contributed by atoms with E-state index >= 15 is 0 Å². The Morgan fingerprint density at radius 1 is 1.13 bits per heavy atom. The molecule has 1 aliphatic heterocycles. The van der Waals surface area contributed by atoms with Crippen molar-refractivity contribution in [2.75, 3.05) is 11.9 Å². The van der Waals surface area contributed by atoms with Crippen molar-refractivity contribution in [2.45, 2.75) is 32.7 Å². The summed E-state index contributed by atoms with van der Waals surface area (Å²) < 4.78 is 8.03. The van der Waals surface area contributed by atoms with Gasteiger partial charge in [0.25, 0.3) is 0 Å². The first kappa shape index (κ1) is 18.5. The van der Waals surface area contributed by atoms with Gasteiger partial charge in [-0.1, -0.05) is 50.2 Å². The quantitative estimate of drug-likeness (QED) is 0.507. The molecule has 1 aromatic carbocycles. The Balaban J connectivity index is 1.38. The Bertz CT molecular complexity index is 1210. The van der Waals surface area contributed by atoms with E-state index in [0.29, 0.717) is 13.1 Å². The number of nitrogens with one attached hydrogen (secondary N) is 1. The summed E-state index contributed by atoms with van der Waals surface area (Å²) >= 11 is 0. The minimum absolute atomic E-state index is 0.133. The summed E-state index contributed by atoms with van der Waals surface area (Å²) in [4.78, 5) is 19.6. The van der Waals surface area contributed by atoms with Crippen LogP contribution in [0.3, 0.4) is 0 Å². The smallest absolute Gasteiger partial charge is 0.323 e. The maximum atomic E-state index is 13.1. The number of hydrogen-bond donors (Lipinski definition) is 1. The van der Waals surface area contributed by atoms with Gasteiger partial charge in [-0.2, -0.15) is 0 Å². The monoisotopic (exact) mass is 400 g/mol. The molecular weight excluding hydrogens is 376 g/mol. The Labute approximate surface area is 175 Å². The number of benzene rings is 1. The van der Waals surface area contributed by atoms with Crippen LogP contribution in [-0.2, 0) is 13.0 Å². The van der Waals surface area contributed by atoms with E-state index in [0.717, 1.165) is 40.7 Å². The first-order valence-corrected chi connectivity index (χ1v) is 10.3. The minimum atomic E-state index is -0.133. The number of fused-ring (bicyclic) bond motifs is 2. The molecule has 0 bridgehead atoms. The van der Waals surface area contributed by atoms with Crippen molar-refractivity contribution >= 4 is 17.5 Å². The lowest BCUT2D eigenvalue weighted by Crippen LogP contribution is -2.38. The van der Waals surface area contributed by atoms with Gasteiger partial charge >= 0.3 is 6.03 Å². The molecule has 1 N–H and O–H groups in total. The minimum Gasteiger partial charge on any atom is -0.459 e. The molecule has 0 spiro atoms. The van der Waals surface area contributed by atoms with E-state index in [4.69, 9.17) is 9.40 Å². The first-order valence-electron chi connectivity index (χ1n) is 10.3. The maximum Gasteiger partial charge on any atom is 0.323 e. The van der Waals surface area contributed by atoms with Crippen molar-refractivity contribution in [3.05, 3.63) is 77.8 Å². The van der Waals surface area contributed by atoms with Gasteiger partial charge in [0, 0.05) is 18.3 Å². The number of hydrogen-bond acceptors (Lipinski definition) is 3. The van der Waals surface area contributed by atoms with Gasteiger partial charge in [-0.25, -0.2) is 9.78 Å². The molecular formula is C24H24N4O2. The third-order valence-electron chi connectivity index (χ3n) is 5.56. The summed E-state index contributed by atoms with van der Waals surface area (Å²) in [7, 11) is 0. The molecule has 4 heterocycles. The van der Waals surface area contributed by atoms with Crippen LogP contribution in [0.5, 0.6) is 0 Å². The standard InChI is InChI=1S/C24H24N4O2/c1-16(2)22-23(28-12-7-6-10-21(28)25-22)26-24(29)27-13-11-18-14-19(30-20(18)15-27)17-8-4-3-5-9-17/h3-10,12,14,16H,11,13,15H2,1-2H3,(H,26,29). The fourth-order valence-electron chi connectivity index (χ4n) is 3.96. The summed E-state index contributed by atoms with van der Waals surface area (Å²) in [5.74, 6) is 2.65. The fraction of sp³-hybridized carbons (Fsp3) is 0.250. The average Bonchev–Trinajstić information content (AvgIpc) is 3.36. The number of rotatable bonds is 3. The first-order chi connectivity index (χ1) is 14.6. The topological polar surface area (TPSA) is 62.8 Å². The van der Waals surface area contributed by atoms with E-state index < -0.39 is 0 Å². The number of anilines is 1. The summed E-state index contributed by atoms with van der Waals surface area (Å²) in [5.41, 5.74) is 3.94. The van der Waals surface area contributed by atoms with Crippen LogP contribution in [0.25, 0.3) is 17.0 Å². The largest absolute Gasteiger partial charge is 0.459 e. The molecule has 4 aromatic rings. The molecule has 1 aliphatic rings. The molecule has 6 nitrogen and oxygen atoms in total. The summed E-state index contributed by atoms with van der Waals surface area (Å²) in [6, 6.07) is 17.9. The lowest BCUT2D eigenvalue weighted by atomic mass is 10.1. The summed E-state index contributed by atoms with van der Waals surface area (Å²) in [5, 5.41) is 3.10. The van der Waals surface area contributed by atoms with Crippen LogP contribution < -0.4 is 5.32 Å². The third-order valence-corrected chi connectivity index (χ3v) is 5.56. The number of furan rings is 1. The van der Waals surface area contributed by atoms with E-state index in [1.807, 2.05) is 59.1 Å². The molecule has 30 heavy (non-hydrogen) atoms. The zero-order chi connectivity index (χ0) is 20.7. The number of carbonyl (C=O) groups is 1. The van der Waals surface area contributed by atoms with Crippen LogP contribution in [0, 0.1) is 0 Å². The number of amides is 2. The van der Waals surface area contributed by atoms with Crippen molar-refractivity contribution in [1.82, 2.24) is 14.3 Å². The average molecular weight is 400 g/mol. The molecule has 0 saturated carbocycles. The molecule has 3 aromatic heterocycles. The van der Waals surface area contributed by atoms with Crippen LogP contribution in [-0.4, -0.2) is 26.9 Å². The predicted octanol–water partition coefficient (Wildman–Crippen LogP) is 5.31. The Morgan fingerprint density at radius 2 is 1.93 bits per heavy atom. The molecule has 152 valence electrons.